The van der Waals surface area contributed by atoms with Crippen molar-refractivity contribution >= 4 is 6.03 Å². The lowest BCUT2D eigenvalue weighted by atomic mass is 9.79. The molecule has 2 fully saturated rings. The van der Waals surface area contributed by atoms with Gasteiger partial charge in [-0.25, -0.2) is 4.79 Å². The molecule has 2 aliphatic rings. The van der Waals surface area contributed by atoms with Gasteiger partial charge in [0.05, 0.1) is 0 Å². The van der Waals surface area contributed by atoms with Crippen LogP contribution in [0.15, 0.2) is 30.3 Å². The third-order valence-corrected chi connectivity index (χ3v) is 5.76. The van der Waals surface area contributed by atoms with Crippen LogP contribution < -0.4 is 5.32 Å². The highest BCUT2D eigenvalue weighted by atomic mass is 16.2. The molecule has 0 bridgehead atoms. The number of nitrogens with one attached hydrogen (secondary N) is 1. The van der Waals surface area contributed by atoms with Crippen LogP contribution in [-0.4, -0.2) is 30.6 Å². The number of carbonyl (C=O) groups excluding carboxylic acids is 1. The monoisotopic (exact) mass is 300 g/mol. The molecule has 1 unspecified atom stereocenters. The van der Waals surface area contributed by atoms with Crippen LogP contribution in [0.5, 0.6) is 0 Å². The summed E-state index contributed by atoms with van der Waals surface area (Å²) in [5.41, 5.74) is 1.52. The van der Waals surface area contributed by atoms with E-state index in [9.17, 15) is 4.79 Å². The molecule has 120 valence electrons. The van der Waals surface area contributed by atoms with E-state index >= 15 is 0 Å². The van der Waals surface area contributed by atoms with E-state index in [-0.39, 0.29) is 11.4 Å². The Kier molecular flexibility index (Phi) is 4.42. The van der Waals surface area contributed by atoms with Gasteiger partial charge in [-0.1, -0.05) is 43.2 Å². The summed E-state index contributed by atoms with van der Waals surface area (Å²) < 4.78 is 0. The molecule has 0 aromatic heterocycles. The van der Waals surface area contributed by atoms with Crippen LogP contribution in [0.4, 0.5) is 4.79 Å². The van der Waals surface area contributed by atoms with Crippen LogP contribution in [-0.2, 0) is 5.41 Å². The largest absolute Gasteiger partial charge is 0.337 e. The standard InChI is InChI=1S/C19H28N2O/c1-15(16-10-11-16)21(2)18(22)20-14-19(12-6-7-13-19)17-8-4-3-5-9-17/h3-5,8-9,15-16H,6-7,10-14H2,1-2H3,(H,20,22). The number of rotatable bonds is 5. The maximum Gasteiger partial charge on any atom is 0.317 e. The predicted molar refractivity (Wildman–Crippen MR) is 89.9 cm³/mol. The van der Waals surface area contributed by atoms with Crippen molar-refractivity contribution in [3.8, 4) is 0 Å². The van der Waals surface area contributed by atoms with Crippen LogP contribution in [0.25, 0.3) is 0 Å². The minimum Gasteiger partial charge on any atom is -0.337 e. The molecule has 0 spiro atoms. The Hall–Kier alpha value is -1.51. The molecular weight excluding hydrogens is 272 g/mol. The lowest BCUT2D eigenvalue weighted by molar-refractivity contribution is 0.185. The van der Waals surface area contributed by atoms with Crippen LogP contribution in [0.1, 0.15) is 51.0 Å². The molecule has 0 saturated heterocycles. The summed E-state index contributed by atoms with van der Waals surface area (Å²) in [5.74, 6) is 0.713. The summed E-state index contributed by atoms with van der Waals surface area (Å²) in [7, 11) is 1.93. The first kappa shape index (κ1) is 15.4. The normalized spacial score (nSPS) is 21.4. The molecule has 1 aromatic rings. The van der Waals surface area contributed by atoms with Gasteiger partial charge in [0.25, 0.3) is 0 Å². The molecule has 0 radical (unpaired) electrons. The topological polar surface area (TPSA) is 32.3 Å². The lowest BCUT2D eigenvalue weighted by Gasteiger charge is -2.32. The molecular formula is C19H28N2O. The average molecular weight is 300 g/mol. The van der Waals surface area contributed by atoms with Crippen LogP contribution in [0.3, 0.4) is 0 Å². The van der Waals surface area contributed by atoms with Gasteiger partial charge in [0.15, 0.2) is 0 Å². The molecule has 3 heteroatoms. The first-order valence-electron chi connectivity index (χ1n) is 8.69. The Morgan fingerprint density at radius 3 is 2.50 bits per heavy atom. The van der Waals surface area contributed by atoms with Gasteiger partial charge in [-0.15, -0.1) is 0 Å². The van der Waals surface area contributed by atoms with E-state index in [0.717, 1.165) is 6.54 Å². The molecule has 1 N–H and O–H groups in total. The molecule has 0 heterocycles. The van der Waals surface area contributed by atoms with E-state index in [4.69, 9.17) is 0 Å². The Labute approximate surface area is 134 Å². The molecule has 1 atom stereocenters. The number of amides is 2. The van der Waals surface area contributed by atoms with Crippen molar-refractivity contribution in [3.63, 3.8) is 0 Å². The third-order valence-electron chi connectivity index (χ3n) is 5.76. The van der Waals surface area contributed by atoms with Crippen molar-refractivity contribution in [2.24, 2.45) is 5.92 Å². The molecule has 3 rings (SSSR count). The smallest absolute Gasteiger partial charge is 0.317 e. The fourth-order valence-corrected chi connectivity index (χ4v) is 3.86. The van der Waals surface area contributed by atoms with Crippen molar-refractivity contribution in [1.82, 2.24) is 10.2 Å². The van der Waals surface area contributed by atoms with Crippen molar-refractivity contribution in [2.45, 2.75) is 56.9 Å². The van der Waals surface area contributed by atoms with Gasteiger partial charge in [0, 0.05) is 25.0 Å². The van der Waals surface area contributed by atoms with Crippen molar-refractivity contribution in [3.05, 3.63) is 35.9 Å². The molecule has 22 heavy (non-hydrogen) atoms. The van der Waals surface area contributed by atoms with Gasteiger partial charge in [-0.3, -0.25) is 0 Å². The van der Waals surface area contributed by atoms with E-state index in [2.05, 4.69) is 42.6 Å². The van der Waals surface area contributed by atoms with E-state index in [0.29, 0.717) is 12.0 Å². The van der Waals surface area contributed by atoms with Gasteiger partial charge in [-0.2, -0.15) is 0 Å². The second-order valence-corrected chi connectivity index (χ2v) is 7.20. The second-order valence-electron chi connectivity index (χ2n) is 7.20. The van der Waals surface area contributed by atoms with Crippen LogP contribution in [0, 0.1) is 5.92 Å². The predicted octanol–water partition coefficient (Wildman–Crippen LogP) is 3.94. The van der Waals surface area contributed by atoms with Crippen LogP contribution >= 0.6 is 0 Å². The number of urea groups is 1. The van der Waals surface area contributed by atoms with Gasteiger partial charge in [0.1, 0.15) is 0 Å². The fourth-order valence-electron chi connectivity index (χ4n) is 3.86. The number of nitrogens with zero attached hydrogens (tertiary/aromatic N) is 1. The van der Waals surface area contributed by atoms with Gasteiger partial charge in [-0.05, 0) is 44.1 Å². The van der Waals surface area contributed by atoms with E-state index in [1.165, 1.54) is 44.1 Å². The molecule has 2 aliphatic carbocycles. The lowest BCUT2D eigenvalue weighted by Crippen LogP contribution is -2.47. The van der Waals surface area contributed by atoms with Crippen molar-refractivity contribution in [2.75, 3.05) is 13.6 Å². The average Bonchev–Trinajstić information content (AvgIpc) is 3.30. The quantitative estimate of drug-likeness (QED) is 0.877. The van der Waals surface area contributed by atoms with Gasteiger partial charge >= 0.3 is 6.03 Å². The Morgan fingerprint density at radius 2 is 1.91 bits per heavy atom. The van der Waals surface area contributed by atoms with E-state index in [1.807, 2.05) is 11.9 Å². The fraction of sp³-hybridized carbons (Fsp3) is 0.632. The van der Waals surface area contributed by atoms with Gasteiger partial charge in [0.2, 0.25) is 0 Å². The molecule has 2 saturated carbocycles. The highest BCUT2D eigenvalue weighted by molar-refractivity contribution is 5.74. The first-order valence-corrected chi connectivity index (χ1v) is 8.69. The minimum absolute atomic E-state index is 0.0848. The van der Waals surface area contributed by atoms with E-state index in [1.54, 1.807) is 0 Å². The van der Waals surface area contributed by atoms with Crippen molar-refractivity contribution in [1.29, 1.82) is 0 Å². The zero-order valence-electron chi connectivity index (χ0n) is 13.8. The minimum atomic E-state index is 0.0848. The number of carbonyl (C=O) groups is 1. The summed E-state index contributed by atoms with van der Waals surface area (Å²) in [5, 5.41) is 3.21. The Balaban J connectivity index is 1.63. The third kappa shape index (κ3) is 3.13. The maximum atomic E-state index is 12.5. The van der Waals surface area contributed by atoms with Gasteiger partial charge < -0.3 is 10.2 Å². The zero-order valence-corrected chi connectivity index (χ0v) is 13.8. The molecule has 3 nitrogen and oxygen atoms in total. The molecule has 2 amide bonds. The summed E-state index contributed by atoms with van der Waals surface area (Å²) in [6, 6.07) is 11.2. The Bertz CT molecular complexity index is 503. The SMILES string of the molecule is CC(C1CC1)N(C)C(=O)NCC1(c2ccccc2)CCCC1. The second kappa shape index (κ2) is 6.31. The summed E-state index contributed by atoms with van der Waals surface area (Å²) >= 11 is 0. The summed E-state index contributed by atoms with van der Waals surface area (Å²) in [4.78, 5) is 14.4. The van der Waals surface area contributed by atoms with Crippen LogP contribution in [0.2, 0.25) is 0 Å². The molecule has 1 aromatic carbocycles. The van der Waals surface area contributed by atoms with E-state index < -0.39 is 0 Å². The Morgan fingerprint density at radius 1 is 1.27 bits per heavy atom. The highest BCUT2D eigenvalue weighted by Gasteiger charge is 2.37. The zero-order chi connectivity index (χ0) is 15.6. The number of hydrogen-bond donors (Lipinski definition) is 1. The highest BCUT2D eigenvalue weighted by Crippen LogP contribution is 2.40. The summed E-state index contributed by atoms with van der Waals surface area (Å²) in [6.07, 6.45) is 7.43. The maximum absolute atomic E-state index is 12.5. The molecule has 0 aliphatic heterocycles. The first-order chi connectivity index (χ1) is 10.6. The number of hydrogen-bond acceptors (Lipinski definition) is 1. The number of benzene rings is 1. The van der Waals surface area contributed by atoms with Crippen molar-refractivity contribution < 1.29 is 4.79 Å². The summed E-state index contributed by atoms with van der Waals surface area (Å²) in [6.45, 7) is 2.93.